The lowest BCUT2D eigenvalue weighted by Crippen LogP contribution is -2.00. The Labute approximate surface area is 133 Å². The maximum absolute atomic E-state index is 13.8. The van der Waals surface area contributed by atoms with E-state index in [9.17, 15) is 4.39 Å². The van der Waals surface area contributed by atoms with E-state index in [1.165, 1.54) is 6.07 Å². The predicted octanol–water partition coefficient (Wildman–Crippen LogP) is 3.53. The number of nitrogens with one attached hydrogen (secondary N) is 1. The molecular formula is C13H12FIN4S. The molecule has 0 saturated heterocycles. The Hall–Kier alpha value is -1.22. The van der Waals surface area contributed by atoms with Gasteiger partial charge in [0.1, 0.15) is 5.82 Å². The second-order valence-electron chi connectivity index (χ2n) is 4.71. The van der Waals surface area contributed by atoms with E-state index in [1.807, 2.05) is 47.3 Å². The van der Waals surface area contributed by atoms with Gasteiger partial charge in [-0.2, -0.15) is 5.10 Å². The second kappa shape index (κ2) is 4.96. The number of rotatable bonds is 2. The van der Waals surface area contributed by atoms with Gasteiger partial charge >= 0.3 is 0 Å². The van der Waals surface area contributed by atoms with Crippen LogP contribution >= 0.6 is 34.8 Å². The number of fused-ring (bicyclic) bond motifs is 1. The normalized spacial score (nSPS) is 11.4. The topological polar surface area (TPSA) is 38.5 Å². The highest BCUT2D eigenvalue weighted by Crippen LogP contribution is 2.22. The lowest BCUT2D eigenvalue weighted by atomic mass is 10.2. The molecule has 1 aromatic carbocycles. The van der Waals surface area contributed by atoms with Gasteiger partial charge in [0, 0.05) is 24.9 Å². The van der Waals surface area contributed by atoms with Crippen LogP contribution in [0.5, 0.6) is 0 Å². The molecule has 20 heavy (non-hydrogen) atoms. The number of halogens is 2. The molecule has 0 atom stereocenters. The van der Waals surface area contributed by atoms with Crippen LogP contribution in [0.2, 0.25) is 0 Å². The Morgan fingerprint density at radius 3 is 2.85 bits per heavy atom. The molecule has 3 aromatic rings. The molecule has 0 aliphatic heterocycles. The van der Waals surface area contributed by atoms with Crippen molar-refractivity contribution in [3.63, 3.8) is 0 Å². The number of aromatic nitrogens is 4. The lowest BCUT2D eigenvalue weighted by molar-refractivity contribution is 0.621. The van der Waals surface area contributed by atoms with Gasteiger partial charge in [-0.25, -0.2) is 4.39 Å². The zero-order valence-electron chi connectivity index (χ0n) is 10.9. The number of aryl methyl sites for hydroxylation is 2. The summed E-state index contributed by atoms with van der Waals surface area (Å²) in [5.74, 6) is -0.233. The van der Waals surface area contributed by atoms with E-state index >= 15 is 0 Å². The summed E-state index contributed by atoms with van der Waals surface area (Å²) in [6.45, 7) is 2.54. The minimum absolute atomic E-state index is 0.233. The van der Waals surface area contributed by atoms with Crippen molar-refractivity contribution in [1.82, 2.24) is 19.3 Å². The fraction of sp³-hybridized carbons (Fsp3) is 0.231. The number of H-pyrrole nitrogens is 1. The predicted molar refractivity (Wildman–Crippen MR) is 86.8 cm³/mol. The highest BCUT2D eigenvalue weighted by molar-refractivity contribution is 14.1. The van der Waals surface area contributed by atoms with Crippen LogP contribution in [0, 0.1) is 21.1 Å². The number of aromatic amines is 1. The molecule has 0 radical (unpaired) electrons. The minimum Gasteiger partial charge on any atom is -0.331 e. The van der Waals surface area contributed by atoms with Crippen molar-refractivity contribution in [2.24, 2.45) is 7.05 Å². The number of hydrogen-bond donors (Lipinski definition) is 1. The maximum atomic E-state index is 13.8. The van der Waals surface area contributed by atoms with Crippen LogP contribution in [-0.4, -0.2) is 19.3 Å². The molecule has 3 rings (SSSR count). The third kappa shape index (κ3) is 2.28. The van der Waals surface area contributed by atoms with Crippen LogP contribution in [0.4, 0.5) is 4.39 Å². The van der Waals surface area contributed by atoms with Gasteiger partial charge in [-0.05, 0) is 47.8 Å². The summed E-state index contributed by atoms with van der Waals surface area (Å²) in [6, 6.07) is 3.29. The van der Waals surface area contributed by atoms with Gasteiger partial charge in [0.05, 0.1) is 26.8 Å². The van der Waals surface area contributed by atoms with Gasteiger partial charge in [0.2, 0.25) is 0 Å². The van der Waals surface area contributed by atoms with Gasteiger partial charge in [0.25, 0.3) is 0 Å². The summed E-state index contributed by atoms with van der Waals surface area (Å²) in [6.07, 6.45) is 1.96. The first kappa shape index (κ1) is 13.7. The van der Waals surface area contributed by atoms with Gasteiger partial charge in [0.15, 0.2) is 4.77 Å². The van der Waals surface area contributed by atoms with Crippen LogP contribution < -0.4 is 0 Å². The Morgan fingerprint density at radius 1 is 1.45 bits per heavy atom. The number of imidazole rings is 1. The van der Waals surface area contributed by atoms with Crippen LogP contribution in [0.3, 0.4) is 0 Å². The SMILES string of the molecule is Cc1nn(C)cc1Cn1c(=S)[nH]c2cc(I)c(F)cc21. The molecule has 7 heteroatoms. The maximum Gasteiger partial charge on any atom is 0.178 e. The first-order valence-corrected chi connectivity index (χ1v) is 7.51. The first-order valence-electron chi connectivity index (χ1n) is 6.02. The van der Waals surface area contributed by atoms with Crippen LogP contribution in [0.25, 0.3) is 11.0 Å². The van der Waals surface area contributed by atoms with Gasteiger partial charge in [-0.1, -0.05) is 0 Å². The third-order valence-corrected chi connectivity index (χ3v) is 4.41. The highest BCUT2D eigenvalue weighted by atomic mass is 127. The number of nitrogens with zero attached hydrogens (tertiary/aromatic N) is 3. The molecule has 0 fully saturated rings. The van der Waals surface area contributed by atoms with Crippen molar-refractivity contribution >= 4 is 45.8 Å². The van der Waals surface area contributed by atoms with Crippen molar-refractivity contribution in [2.75, 3.05) is 0 Å². The Balaban J connectivity index is 2.16. The van der Waals surface area contributed by atoms with Crippen LogP contribution in [0.1, 0.15) is 11.3 Å². The average Bonchev–Trinajstić information content (AvgIpc) is 2.83. The van der Waals surface area contributed by atoms with Crippen molar-refractivity contribution in [2.45, 2.75) is 13.5 Å². The van der Waals surface area contributed by atoms with E-state index in [-0.39, 0.29) is 5.82 Å². The Bertz CT molecular complexity index is 861. The zero-order valence-corrected chi connectivity index (χ0v) is 13.9. The third-order valence-electron chi connectivity index (χ3n) is 3.26. The quantitative estimate of drug-likeness (QED) is 0.526. The molecule has 1 N–H and O–H groups in total. The Kier molecular flexibility index (Phi) is 3.41. The molecule has 0 bridgehead atoms. The van der Waals surface area contributed by atoms with Gasteiger partial charge < -0.3 is 9.55 Å². The molecule has 0 unspecified atom stereocenters. The molecule has 4 nitrogen and oxygen atoms in total. The first-order chi connectivity index (χ1) is 9.45. The zero-order chi connectivity index (χ0) is 14.4. The van der Waals surface area contributed by atoms with E-state index in [4.69, 9.17) is 12.2 Å². The summed E-state index contributed by atoms with van der Waals surface area (Å²) in [5.41, 5.74) is 3.65. The van der Waals surface area contributed by atoms with Crippen molar-refractivity contribution in [1.29, 1.82) is 0 Å². The summed E-state index contributed by atoms with van der Waals surface area (Å²) < 4.78 is 18.6. The smallest absolute Gasteiger partial charge is 0.178 e. The monoisotopic (exact) mass is 402 g/mol. The largest absolute Gasteiger partial charge is 0.331 e. The molecule has 0 saturated carbocycles. The average molecular weight is 402 g/mol. The van der Waals surface area contributed by atoms with E-state index in [0.29, 0.717) is 14.9 Å². The van der Waals surface area contributed by atoms with Crippen molar-refractivity contribution in [3.8, 4) is 0 Å². The van der Waals surface area contributed by atoms with E-state index in [2.05, 4.69) is 10.1 Å². The molecule has 2 aromatic heterocycles. The lowest BCUT2D eigenvalue weighted by Gasteiger charge is -2.04. The Morgan fingerprint density at radius 2 is 2.20 bits per heavy atom. The van der Waals surface area contributed by atoms with Crippen LogP contribution in [0.15, 0.2) is 18.3 Å². The second-order valence-corrected chi connectivity index (χ2v) is 6.26. The fourth-order valence-corrected chi connectivity index (χ4v) is 3.02. The fourth-order valence-electron chi connectivity index (χ4n) is 2.28. The van der Waals surface area contributed by atoms with E-state index in [1.54, 1.807) is 10.7 Å². The molecule has 0 aliphatic rings. The summed E-state index contributed by atoms with van der Waals surface area (Å²) >= 11 is 7.32. The van der Waals surface area contributed by atoms with Gasteiger partial charge in [-0.3, -0.25) is 4.68 Å². The van der Waals surface area contributed by atoms with Gasteiger partial charge in [-0.15, -0.1) is 0 Å². The molecule has 0 amide bonds. The molecular weight excluding hydrogens is 390 g/mol. The number of benzene rings is 1. The summed E-state index contributed by atoms with van der Waals surface area (Å²) in [4.78, 5) is 3.12. The highest BCUT2D eigenvalue weighted by Gasteiger charge is 2.11. The molecule has 2 heterocycles. The summed E-state index contributed by atoms with van der Waals surface area (Å²) in [5, 5.41) is 4.32. The number of hydrogen-bond acceptors (Lipinski definition) is 2. The van der Waals surface area contributed by atoms with Crippen LogP contribution in [-0.2, 0) is 13.6 Å². The molecule has 0 spiro atoms. The van der Waals surface area contributed by atoms with E-state index in [0.717, 1.165) is 22.3 Å². The van der Waals surface area contributed by atoms with Crippen molar-refractivity contribution < 1.29 is 4.39 Å². The molecule has 0 aliphatic carbocycles. The molecule has 104 valence electrons. The van der Waals surface area contributed by atoms with Crippen molar-refractivity contribution in [3.05, 3.63) is 43.7 Å². The standard InChI is InChI=1S/C13H12FIN4S/c1-7-8(5-18(2)17-7)6-19-12-3-9(14)10(15)4-11(12)16-13(19)20/h3-5H,6H2,1-2H3,(H,16,20). The minimum atomic E-state index is -0.233. The van der Waals surface area contributed by atoms with E-state index < -0.39 is 0 Å². The summed E-state index contributed by atoms with van der Waals surface area (Å²) in [7, 11) is 1.88.